The molecule has 0 radical (unpaired) electrons. The third-order valence-corrected chi connectivity index (χ3v) is 5.00. The molecule has 1 aromatic heterocycles. The van der Waals surface area contributed by atoms with Gasteiger partial charge in [-0.1, -0.05) is 19.3 Å². The molecule has 0 atom stereocenters. The minimum atomic E-state index is 0.294. The quantitative estimate of drug-likeness (QED) is 0.904. The van der Waals surface area contributed by atoms with Gasteiger partial charge in [-0.05, 0) is 19.1 Å². The van der Waals surface area contributed by atoms with E-state index in [4.69, 9.17) is 5.26 Å². The zero-order chi connectivity index (χ0) is 12.8. The Bertz CT molecular complexity index is 435. The zero-order valence-corrected chi connectivity index (χ0v) is 11.5. The molecule has 1 aliphatic rings. The van der Waals surface area contributed by atoms with Crippen LogP contribution in [0.15, 0.2) is 12.4 Å². The summed E-state index contributed by atoms with van der Waals surface area (Å²) in [6, 6.07) is 2.07. The van der Waals surface area contributed by atoms with Crippen LogP contribution in [-0.4, -0.2) is 27.5 Å². The summed E-state index contributed by atoms with van der Waals surface area (Å²) in [7, 11) is 0. The molecule has 1 saturated carbocycles. The van der Waals surface area contributed by atoms with E-state index in [9.17, 15) is 0 Å². The van der Waals surface area contributed by atoms with Crippen molar-refractivity contribution in [1.29, 1.82) is 5.26 Å². The van der Waals surface area contributed by atoms with Gasteiger partial charge in [-0.3, -0.25) is 0 Å². The molecule has 96 valence electrons. The highest BCUT2D eigenvalue weighted by Gasteiger charge is 2.31. The lowest BCUT2D eigenvalue weighted by Crippen LogP contribution is -2.35. The summed E-state index contributed by atoms with van der Waals surface area (Å²) in [4.78, 5) is 8.21. The van der Waals surface area contributed by atoms with Gasteiger partial charge >= 0.3 is 0 Å². The number of nitriles is 1. The van der Waals surface area contributed by atoms with Crippen molar-refractivity contribution in [3.63, 3.8) is 0 Å². The number of nitrogens with zero attached hydrogens (tertiary/aromatic N) is 3. The van der Waals surface area contributed by atoms with E-state index in [2.05, 4.69) is 27.6 Å². The molecule has 1 aliphatic carbocycles. The van der Waals surface area contributed by atoms with Crippen molar-refractivity contribution in [3.8, 4) is 6.07 Å². The number of nitrogens with one attached hydrogen (secondary N) is 1. The van der Waals surface area contributed by atoms with Gasteiger partial charge in [0.05, 0.1) is 0 Å². The van der Waals surface area contributed by atoms with E-state index in [1.807, 2.05) is 11.8 Å². The van der Waals surface area contributed by atoms with Gasteiger partial charge in [0.15, 0.2) is 11.5 Å². The fraction of sp³-hybridized carbons (Fsp3) is 0.615. The molecule has 0 amide bonds. The fourth-order valence-corrected chi connectivity index (χ4v) is 3.36. The molecule has 0 unspecified atom stereocenters. The fourth-order valence-electron chi connectivity index (χ4n) is 2.44. The molecule has 0 aliphatic heterocycles. The molecule has 5 heteroatoms. The highest BCUT2D eigenvalue weighted by atomic mass is 32.2. The predicted molar refractivity (Wildman–Crippen MR) is 74.6 cm³/mol. The Morgan fingerprint density at radius 3 is 2.72 bits per heavy atom. The Balaban J connectivity index is 2.03. The zero-order valence-electron chi connectivity index (χ0n) is 10.6. The van der Waals surface area contributed by atoms with Crippen LogP contribution in [0, 0.1) is 11.3 Å². The molecule has 1 aromatic rings. The summed E-state index contributed by atoms with van der Waals surface area (Å²) in [5.74, 6) is 0.610. The van der Waals surface area contributed by atoms with Gasteiger partial charge in [-0.25, -0.2) is 9.97 Å². The van der Waals surface area contributed by atoms with Crippen LogP contribution in [0.5, 0.6) is 0 Å². The molecule has 2 rings (SSSR count). The average molecular weight is 262 g/mol. The van der Waals surface area contributed by atoms with Crippen molar-refractivity contribution >= 4 is 17.6 Å². The Labute approximate surface area is 112 Å². The molecule has 0 aromatic carbocycles. The summed E-state index contributed by atoms with van der Waals surface area (Å²) in [5, 5.41) is 12.3. The number of hydrogen-bond acceptors (Lipinski definition) is 5. The number of rotatable bonds is 4. The highest BCUT2D eigenvalue weighted by Crippen LogP contribution is 2.38. The first-order chi connectivity index (χ1) is 8.79. The maximum atomic E-state index is 8.98. The molecule has 0 saturated heterocycles. The van der Waals surface area contributed by atoms with Crippen LogP contribution in [0.25, 0.3) is 0 Å². The summed E-state index contributed by atoms with van der Waals surface area (Å²) >= 11 is 1.93. The van der Waals surface area contributed by atoms with Crippen LogP contribution < -0.4 is 5.32 Å². The summed E-state index contributed by atoms with van der Waals surface area (Å²) in [6.07, 6.45) is 11.8. The first kappa shape index (κ1) is 13.2. The average Bonchev–Trinajstić information content (AvgIpc) is 2.46. The van der Waals surface area contributed by atoms with Crippen molar-refractivity contribution in [2.24, 2.45) is 0 Å². The molecule has 0 spiro atoms. The molecule has 1 N–H and O–H groups in total. The standard InChI is InChI=1S/C13H18N4S/c1-18-13(5-3-2-4-6-13)10-17-12-11(9-14)15-7-8-16-12/h7-8H,2-6,10H2,1H3,(H,16,17). The smallest absolute Gasteiger partial charge is 0.182 e. The third kappa shape index (κ3) is 2.94. The number of hydrogen-bond donors (Lipinski definition) is 1. The van der Waals surface area contributed by atoms with Crippen LogP contribution in [0.1, 0.15) is 37.8 Å². The van der Waals surface area contributed by atoms with E-state index in [0.29, 0.717) is 16.3 Å². The van der Waals surface area contributed by atoms with Crippen molar-refractivity contribution in [3.05, 3.63) is 18.1 Å². The van der Waals surface area contributed by atoms with Gasteiger partial charge in [0, 0.05) is 23.7 Å². The van der Waals surface area contributed by atoms with E-state index in [1.165, 1.54) is 32.1 Å². The van der Waals surface area contributed by atoms with Gasteiger partial charge in [0.1, 0.15) is 6.07 Å². The summed E-state index contributed by atoms with van der Waals surface area (Å²) < 4.78 is 0.294. The van der Waals surface area contributed by atoms with Crippen LogP contribution in [0.4, 0.5) is 5.82 Å². The van der Waals surface area contributed by atoms with E-state index in [0.717, 1.165) is 6.54 Å². The van der Waals surface area contributed by atoms with Gasteiger partial charge in [0.2, 0.25) is 0 Å². The maximum Gasteiger partial charge on any atom is 0.182 e. The predicted octanol–water partition coefficient (Wildman–Crippen LogP) is 2.83. The molecule has 1 fully saturated rings. The second-order valence-corrected chi connectivity index (χ2v) is 5.94. The molecular weight excluding hydrogens is 244 g/mol. The topological polar surface area (TPSA) is 61.6 Å². The van der Waals surface area contributed by atoms with Gasteiger partial charge in [-0.2, -0.15) is 17.0 Å². The second-order valence-electron chi connectivity index (χ2n) is 4.67. The summed E-state index contributed by atoms with van der Waals surface area (Å²) in [5.41, 5.74) is 0.379. The van der Waals surface area contributed by atoms with Gasteiger partial charge < -0.3 is 5.32 Å². The first-order valence-electron chi connectivity index (χ1n) is 6.30. The van der Waals surface area contributed by atoms with E-state index in [1.54, 1.807) is 12.4 Å². The second kappa shape index (κ2) is 6.05. The maximum absolute atomic E-state index is 8.98. The van der Waals surface area contributed by atoms with Crippen molar-refractivity contribution in [1.82, 2.24) is 9.97 Å². The van der Waals surface area contributed by atoms with Gasteiger partial charge in [0.25, 0.3) is 0 Å². The SMILES string of the molecule is CSC1(CNc2nccnc2C#N)CCCCC1. The molecule has 18 heavy (non-hydrogen) atoms. The minimum absolute atomic E-state index is 0.294. The highest BCUT2D eigenvalue weighted by molar-refractivity contribution is 8.00. The molecule has 4 nitrogen and oxygen atoms in total. The molecule has 0 bridgehead atoms. The van der Waals surface area contributed by atoms with Crippen LogP contribution in [0.2, 0.25) is 0 Å². The van der Waals surface area contributed by atoms with E-state index < -0.39 is 0 Å². The Kier molecular flexibility index (Phi) is 4.43. The largest absolute Gasteiger partial charge is 0.366 e. The van der Waals surface area contributed by atoms with Crippen molar-refractivity contribution in [2.45, 2.75) is 36.9 Å². The van der Waals surface area contributed by atoms with Crippen molar-refractivity contribution < 1.29 is 0 Å². The lowest BCUT2D eigenvalue weighted by Gasteiger charge is -2.36. The Morgan fingerprint density at radius 2 is 2.06 bits per heavy atom. The van der Waals surface area contributed by atoms with Crippen LogP contribution in [0.3, 0.4) is 0 Å². The van der Waals surface area contributed by atoms with Crippen LogP contribution >= 0.6 is 11.8 Å². The monoisotopic (exact) mass is 262 g/mol. The number of anilines is 1. The lowest BCUT2D eigenvalue weighted by molar-refractivity contribution is 0.411. The van der Waals surface area contributed by atoms with Crippen molar-refractivity contribution in [2.75, 3.05) is 18.1 Å². The number of thioether (sulfide) groups is 1. The van der Waals surface area contributed by atoms with Crippen LogP contribution in [-0.2, 0) is 0 Å². The lowest BCUT2D eigenvalue weighted by atomic mass is 9.88. The molecule has 1 heterocycles. The van der Waals surface area contributed by atoms with Gasteiger partial charge in [-0.15, -0.1) is 0 Å². The normalized spacial score (nSPS) is 18.0. The minimum Gasteiger partial charge on any atom is -0.366 e. The van der Waals surface area contributed by atoms with E-state index in [-0.39, 0.29) is 0 Å². The Hall–Kier alpha value is -1.28. The Morgan fingerprint density at radius 1 is 1.33 bits per heavy atom. The summed E-state index contributed by atoms with van der Waals surface area (Å²) in [6.45, 7) is 0.863. The first-order valence-corrected chi connectivity index (χ1v) is 7.52. The number of aromatic nitrogens is 2. The third-order valence-electron chi connectivity index (χ3n) is 3.58. The van der Waals surface area contributed by atoms with E-state index >= 15 is 0 Å². The molecular formula is C13H18N4S.